The van der Waals surface area contributed by atoms with Crippen molar-refractivity contribution in [3.63, 3.8) is 0 Å². The van der Waals surface area contributed by atoms with Gasteiger partial charge in [0.1, 0.15) is 5.84 Å². The minimum absolute atomic E-state index is 0.0174. The van der Waals surface area contributed by atoms with Gasteiger partial charge in [0.25, 0.3) is 0 Å². The van der Waals surface area contributed by atoms with E-state index in [0.717, 1.165) is 26.1 Å². The van der Waals surface area contributed by atoms with Crippen molar-refractivity contribution in [1.82, 2.24) is 4.90 Å². The van der Waals surface area contributed by atoms with Crippen LogP contribution in [-0.2, 0) is 11.2 Å². The molecule has 0 aromatic heterocycles. The summed E-state index contributed by atoms with van der Waals surface area (Å²) < 4.78 is 5.89. The van der Waals surface area contributed by atoms with E-state index in [-0.39, 0.29) is 17.9 Å². The predicted molar refractivity (Wildman–Crippen MR) is 78.9 cm³/mol. The van der Waals surface area contributed by atoms with E-state index >= 15 is 0 Å². The number of hydrogen-bond donors (Lipinski definition) is 2. The molecule has 110 valence electrons. The van der Waals surface area contributed by atoms with Crippen molar-refractivity contribution in [1.29, 1.82) is 0 Å². The Bertz CT molecular complexity index is 476. The Balaban J connectivity index is 1.97. The number of nitrogens with zero attached hydrogens (tertiary/aromatic N) is 2. The number of likely N-dealkylation sites (N-methyl/N-ethyl adjacent to an activating group) is 1. The van der Waals surface area contributed by atoms with Crippen molar-refractivity contribution in [3.05, 3.63) is 35.4 Å². The summed E-state index contributed by atoms with van der Waals surface area (Å²) >= 11 is 0. The van der Waals surface area contributed by atoms with Gasteiger partial charge >= 0.3 is 0 Å². The Kier molecular flexibility index (Phi) is 4.98. The third kappa shape index (κ3) is 3.49. The third-order valence-electron chi connectivity index (χ3n) is 3.78. The van der Waals surface area contributed by atoms with E-state index in [2.05, 4.69) is 34.3 Å². The molecule has 0 radical (unpaired) electrons. The number of amidine groups is 1. The summed E-state index contributed by atoms with van der Waals surface area (Å²) in [5, 5.41) is 11.8. The second-order valence-electron chi connectivity index (χ2n) is 5.46. The topological polar surface area (TPSA) is 71.1 Å². The number of fused-ring (bicyclic) bond motifs is 1. The van der Waals surface area contributed by atoms with E-state index in [0.29, 0.717) is 0 Å². The molecule has 2 rings (SSSR count). The Morgan fingerprint density at radius 1 is 1.55 bits per heavy atom. The van der Waals surface area contributed by atoms with Crippen LogP contribution in [0.25, 0.3) is 0 Å². The standard InChI is InChI=1S/C15H23N3O2/c1-11(15(16)17-19)9-18(2)10-14-13-6-4-3-5-12(13)7-8-20-14/h3-6,11,14,19H,7-10H2,1-2H3,(H2,16,17). The van der Waals surface area contributed by atoms with Gasteiger partial charge in [0.2, 0.25) is 0 Å². The van der Waals surface area contributed by atoms with Gasteiger partial charge in [0.15, 0.2) is 0 Å². The first-order valence-corrected chi connectivity index (χ1v) is 6.97. The molecular formula is C15H23N3O2. The molecular weight excluding hydrogens is 254 g/mol. The van der Waals surface area contributed by atoms with E-state index in [4.69, 9.17) is 15.7 Å². The zero-order chi connectivity index (χ0) is 14.5. The lowest BCUT2D eigenvalue weighted by Gasteiger charge is -2.30. The highest BCUT2D eigenvalue weighted by molar-refractivity contribution is 5.82. The summed E-state index contributed by atoms with van der Waals surface area (Å²) in [6.07, 6.45) is 1.08. The summed E-state index contributed by atoms with van der Waals surface area (Å²) in [5.41, 5.74) is 8.27. The largest absolute Gasteiger partial charge is 0.409 e. The summed E-state index contributed by atoms with van der Waals surface area (Å²) in [4.78, 5) is 2.16. The van der Waals surface area contributed by atoms with Gasteiger partial charge in [-0.1, -0.05) is 36.3 Å². The van der Waals surface area contributed by atoms with Gasteiger partial charge in [0, 0.05) is 19.0 Å². The van der Waals surface area contributed by atoms with Crippen LogP contribution in [0.1, 0.15) is 24.2 Å². The quantitative estimate of drug-likeness (QED) is 0.371. The van der Waals surface area contributed by atoms with Crippen molar-refractivity contribution >= 4 is 5.84 Å². The average molecular weight is 277 g/mol. The van der Waals surface area contributed by atoms with Crippen LogP contribution in [0, 0.1) is 5.92 Å². The maximum Gasteiger partial charge on any atom is 0.143 e. The molecule has 0 aliphatic carbocycles. The highest BCUT2D eigenvalue weighted by atomic mass is 16.5. The van der Waals surface area contributed by atoms with Crippen molar-refractivity contribution < 1.29 is 9.94 Å². The molecule has 1 aromatic carbocycles. The average Bonchev–Trinajstić information content (AvgIpc) is 2.46. The minimum Gasteiger partial charge on any atom is -0.409 e. The van der Waals surface area contributed by atoms with E-state index in [9.17, 15) is 0 Å². The molecule has 0 saturated carbocycles. The van der Waals surface area contributed by atoms with E-state index in [1.54, 1.807) is 0 Å². The van der Waals surface area contributed by atoms with Crippen LogP contribution in [0.5, 0.6) is 0 Å². The summed E-state index contributed by atoms with van der Waals surface area (Å²) in [7, 11) is 2.03. The fourth-order valence-corrected chi connectivity index (χ4v) is 2.65. The summed E-state index contributed by atoms with van der Waals surface area (Å²) in [6, 6.07) is 8.44. The molecule has 20 heavy (non-hydrogen) atoms. The SMILES string of the molecule is CC(CN(C)CC1OCCc2ccccc21)C(N)=NO. The smallest absolute Gasteiger partial charge is 0.143 e. The van der Waals surface area contributed by atoms with Gasteiger partial charge in [-0.2, -0.15) is 0 Å². The van der Waals surface area contributed by atoms with Crippen LogP contribution in [-0.4, -0.2) is 42.7 Å². The zero-order valence-corrected chi connectivity index (χ0v) is 12.1. The molecule has 1 aromatic rings. The molecule has 2 atom stereocenters. The van der Waals surface area contributed by atoms with Crippen LogP contribution in [0.3, 0.4) is 0 Å². The van der Waals surface area contributed by atoms with Gasteiger partial charge in [-0.25, -0.2) is 0 Å². The van der Waals surface area contributed by atoms with Gasteiger partial charge in [-0.05, 0) is 24.6 Å². The molecule has 0 fully saturated rings. The molecule has 1 aliphatic heterocycles. The van der Waals surface area contributed by atoms with Crippen molar-refractivity contribution in [2.24, 2.45) is 16.8 Å². The summed E-state index contributed by atoms with van der Waals surface area (Å²) in [5.74, 6) is 0.283. The van der Waals surface area contributed by atoms with Crippen molar-refractivity contribution in [2.45, 2.75) is 19.4 Å². The van der Waals surface area contributed by atoms with Crippen molar-refractivity contribution in [3.8, 4) is 0 Å². The number of rotatable bonds is 5. The van der Waals surface area contributed by atoms with Crippen LogP contribution in [0.2, 0.25) is 0 Å². The molecule has 3 N–H and O–H groups in total. The Morgan fingerprint density at radius 3 is 3.05 bits per heavy atom. The number of hydrogen-bond acceptors (Lipinski definition) is 4. The van der Waals surface area contributed by atoms with Gasteiger partial charge in [-0.15, -0.1) is 0 Å². The second-order valence-corrected chi connectivity index (χ2v) is 5.46. The Hall–Kier alpha value is -1.59. The molecule has 1 aliphatic rings. The predicted octanol–water partition coefficient (Wildman–Crippen LogP) is 1.61. The highest BCUT2D eigenvalue weighted by Crippen LogP contribution is 2.27. The van der Waals surface area contributed by atoms with Gasteiger partial charge in [-0.3, -0.25) is 0 Å². The Labute approximate surface area is 120 Å². The molecule has 2 unspecified atom stereocenters. The van der Waals surface area contributed by atoms with E-state index in [1.165, 1.54) is 11.1 Å². The van der Waals surface area contributed by atoms with Crippen LogP contribution < -0.4 is 5.73 Å². The lowest BCUT2D eigenvalue weighted by molar-refractivity contribution is 0.0200. The molecule has 5 heteroatoms. The van der Waals surface area contributed by atoms with Crippen LogP contribution in [0.4, 0.5) is 0 Å². The molecule has 0 spiro atoms. The minimum atomic E-state index is 0.0174. The zero-order valence-electron chi connectivity index (χ0n) is 12.1. The fraction of sp³-hybridized carbons (Fsp3) is 0.533. The first kappa shape index (κ1) is 14.8. The molecule has 1 heterocycles. The van der Waals surface area contributed by atoms with Crippen LogP contribution in [0.15, 0.2) is 29.4 Å². The third-order valence-corrected chi connectivity index (χ3v) is 3.78. The summed E-state index contributed by atoms with van der Waals surface area (Å²) in [6.45, 7) is 4.25. The number of nitrogens with two attached hydrogens (primary N) is 1. The maximum absolute atomic E-state index is 8.69. The van der Waals surface area contributed by atoms with Crippen LogP contribution >= 0.6 is 0 Å². The monoisotopic (exact) mass is 277 g/mol. The first-order valence-electron chi connectivity index (χ1n) is 6.97. The normalized spacial score (nSPS) is 20.8. The fourth-order valence-electron chi connectivity index (χ4n) is 2.65. The van der Waals surface area contributed by atoms with Gasteiger partial charge in [0.05, 0.1) is 12.7 Å². The maximum atomic E-state index is 8.69. The molecule has 0 bridgehead atoms. The Morgan fingerprint density at radius 2 is 2.30 bits per heavy atom. The molecule has 0 amide bonds. The van der Waals surface area contributed by atoms with Crippen molar-refractivity contribution in [2.75, 3.05) is 26.7 Å². The number of ether oxygens (including phenoxy) is 1. The second kappa shape index (κ2) is 6.72. The molecule has 5 nitrogen and oxygen atoms in total. The lowest BCUT2D eigenvalue weighted by Crippen LogP contribution is -2.36. The van der Waals surface area contributed by atoms with Gasteiger partial charge < -0.3 is 20.6 Å². The lowest BCUT2D eigenvalue weighted by atomic mass is 9.97. The highest BCUT2D eigenvalue weighted by Gasteiger charge is 2.22. The number of benzene rings is 1. The first-order chi connectivity index (χ1) is 9.61. The molecule has 0 saturated heterocycles. The van der Waals surface area contributed by atoms with E-state index in [1.807, 2.05) is 14.0 Å². The number of oxime groups is 1. The van der Waals surface area contributed by atoms with E-state index < -0.39 is 0 Å².